The second-order valence-corrected chi connectivity index (χ2v) is 6.26. The number of hydrogen-bond donors (Lipinski definition) is 2. The minimum atomic E-state index is -0.463. The van der Waals surface area contributed by atoms with Crippen molar-refractivity contribution in [1.29, 1.82) is 0 Å². The van der Waals surface area contributed by atoms with Gasteiger partial charge in [0.1, 0.15) is 0 Å². The van der Waals surface area contributed by atoms with E-state index in [0.717, 1.165) is 9.79 Å². The summed E-state index contributed by atoms with van der Waals surface area (Å²) in [5.74, 6) is 0. The molecule has 0 atom stereocenters. The highest BCUT2D eigenvalue weighted by atomic mass is 35.5. The maximum Gasteiger partial charge on any atom is 0.270 e. The summed E-state index contributed by atoms with van der Waals surface area (Å²) in [5.41, 5.74) is 8.26. The minimum absolute atomic E-state index is 0.0126. The number of nitro benzene ring substituents is 1. The molecule has 23 heavy (non-hydrogen) atoms. The van der Waals surface area contributed by atoms with Gasteiger partial charge < -0.3 is 5.73 Å². The number of hydrogen-bond acceptors (Lipinski definition) is 5. The molecular weight excluding hydrogens is 356 g/mol. The minimum Gasteiger partial charge on any atom is -0.375 e. The first-order valence-corrected chi connectivity index (χ1v) is 7.86. The third-order valence-corrected chi connectivity index (χ3v) is 4.07. The molecule has 6 nitrogen and oxygen atoms in total. The van der Waals surface area contributed by atoms with Gasteiger partial charge in [-0.3, -0.25) is 15.5 Å². The first-order valence-electron chi connectivity index (χ1n) is 6.26. The van der Waals surface area contributed by atoms with Crippen molar-refractivity contribution in [2.75, 3.05) is 0 Å². The summed E-state index contributed by atoms with van der Waals surface area (Å²) < 4.78 is 0. The fourth-order valence-corrected chi connectivity index (χ4v) is 2.71. The van der Waals surface area contributed by atoms with Gasteiger partial charge in [-0.1, -0.05) is 23.4 Å². The number of non-ortho nitro benzene ring substituents is 1. The lowest BCUT2D eigenvalue weighted by molar-refractivity contribution is -0.384. The van der Waals surface area contributed by atoms with Crippen LogP contribution in [0, 0.1) is 10.1 Å². The van der Waals surface area contributed by atoms with Crippen molar-refractivity contribution < 1.29 is 4.92 Å². The Morgan fingerprint density at radius 2 is 2.04 bits per heavy atom. The van der Waals surface area contributed by atoms with Crippen LogP contribution in [0.1, 0.15) is 5.56 Å². The standard InChI is InChI=1S/C14H11ClN4O2S2/c15-10-1-4-12(5-2-10)23-13-6-3-11(19(20)21)7-9(13)8-17-18-14(16)22/h1-8H,(H3,16,18,22). The topological polar surface area (TPSA) is 93.5 Å². The molecule has 3 N–H and O–H groups in total. The highest BCUT2D eigenvalue weighted by molar-refractivity contribution is 7.99. The van der Waals surface area contributed by atoms with Crippen LogP contribution in [0.3, 0.4) is 0 Å². The molecule has 0 fully saturated rings. The molecule has 0 aliphatic carbocycles. The highest BCUT2D eigenvalue weighted by Crippen LogP contribution is 2.32. The van der Waals surface area contributed by atoms with E-state index in [1.807, 2.05) is 12.1 Å². The van der Waals surface area contributed by atoms with E-state index in [4.69, 9.17) is 17.3 Å². The molecule has 0 aliphatic heterocycles. The zero-order valence-corrected chi connectivity index (χ0v) is 14.0. The van der Waals surface area contributed by atoms with E-state index in [0.29, 0.717) is 10.6 Å². The van der Waals surface area contributed by atoms with Crippen molar-refractivity contribution in [2.24, 2.45) is 10.8 Å². The molecule has 118 valence electrons. The number of rotatable bonds is 5. The maximum atomic E-state index is 10.9. The van der Waals surface area contributed by atoms with Crippen LogP contribution in [0.15, 0.2) is 57.4 Å². The lowest BCUT2D eigenvalue weighted by atomic mass is 10.2. The van der Waals surface area contributed by atoms with E-state index in [1.54, 1.807) is 18.2 Å². The summed E-state index contributed by atoms with van der Waals surface area (Å²) in [6, 6.07) is 11.8. The van der Waals surface area contributed by atoms with Gasteiger partial charge in [0.15, 0.2) is 5.11 Å². The van der Waals surface area contributed by atoms with Crippen molar-refractivity contribution in [3.05, 3.63) is 63.2 Å². The summed E-state index contributed by atoms with van der Waals surface area (Å²) in [6.45, 7) is 0. The average Bonchev–Trinajstić information content (AvgIpc) is 2.50. The first-order chi connectivity index (χ1) is 11.0. The van der Waals surface area contributed by atoms with Crippen molar-refractivity contribution in [1.82, 2.24) is 5.43 Å². The largest absolute Gasteiger partial charge is 0.375 e. The highest BCUT2D eigenvalue weighted by Gasteiger charge is 2.11. The van der Waals surface area contributed by atoms with Crippen LogP contribution < -0.4 is 11.2 Å². The molecule has 0 aromatic heterocycles. The van der Waals surface area contributed by atoms with Crippen LogP contribution in [0.2, 0.25) is 5.02 Å². The molecule has 0 saturated heterocycles. The molecular formula is C14H11ClN4O2S2. The number of nitrogens with two attached hydrogens (primary N) is 1. The number of nitrogens with one attached hydrogen (secondary N) is 1. The SMILES string of the molecule is NC(=S)NN=Cc1cc([N+](=O)[O-])ccc1Sc1ccc(Cl)cc1. The fourth-order valence-electron chi connectivity index (χ4n) is 1.64. The Balaban J connectivity index is 2.32. The molecule has 2 aromatic carbocycles. The fraction of sp³-hybridized carbons (Fsp3) is 0. The molecule has 9 heteroatoms. The molecule has 0 heterocycles. The molecule has 0 bridgehead atoms. The number of benzene rings is 2. The van der Waals surface area contributed by atoms with Crippen LogP contribution >= 0.6 is 35.6 Å². The molecule has 2 aromatic rings. The summed E-state index contributed by atoms with van der Waals surface area (Å²) in [6.07, 6.45) is 1.43. The van der Waals surface area contributed by atoms with Gasteiger partial charge in [0.2, 0.25) is 0 Å². The Hall–Kier alpha value is -2.16. The number of thiocarbonyl (C=S) groups is 1. The van der Waals surface area contributed by atoms with E-state index in [-0.39, 0.29) is 10.8 Å². The zero-order valence-electron chi connectivity index (χ0n) is 11.6. The van der Waals surface area contributed by atoms with E-state index < -0.39 is 4.92 Å². The third-order valence-electron chi connectivity index (χ3n) is 2.62. The van der Waals surface area contributed by atoms with E-state index in [9.17, 15) is 10.1 Å². The second-order valence-electron chi connectivity index (χ2n) is 4.27. The number of nitro groups is 1. The Morgan fingerprint density at radius 1 is 1.35 bits per heavy atom. The normalized spacial score (nSPS) is 10.7. The first kappa shape index (κ1) is 17.2. The van der Waals surface area contributed by atoms with Gasteiger partial charge in [0.05, 0.1) is 11.1 Å². The second kappa shape index (κ2) is 7.91. The summed E-state index contributed by atoms with van der Waals surface area (Å²) in [4.78, 5) is 12.2. The monoisotopic (exact) mass is 366 g/mol. The summed E-state index contributed by atoms with van der Waals surface area (Å²) >= 11 is 12.0. The Labute approximate surface area is 146 Å². The third kappa shape index (κ3) is 5.20. The predicted octanol–water partition coefficient (Wildman–Crippen LogP) is 3.57. The van der Waals surface area contributed by atoms with Gasteiger partial charge in [0.25, 0.3) is 5.69 Å². The van der Waals surface area contributed by atoms with E-state index in [2.05, 4.69) is 22.7 Å². The molecule has 0 spiro atoms. The Bertz CT molecular complexity index is 766. The summed E-state index contributed by atoms with van der Waals surface area (Å²) in [7, 11) is 0. The molecule has 0 aliphatic rings. The quantitative estimate of drug-likeness (QED) is 0.363. The number of hydrazone groups is 1. The Kier molecular flexibility index (Phi) is 5.91. The lowest BCUT2D eigenvalue weighted by Gasteiger charge is -2.06. The van der Waals surface area contributed by atoms with Crippen LogP contribution in [0.4, 0.5) is 5.69 Å². The van der Waals surface area contributed by atoms with E-state index in [1.165, 1.54) is 30.1 Å². The van der Waals surface area contributed by atoms with Gasteiger partial charge >= 0.3 is 0 Å². The molecule has 2 rings (SSSR count). The van der Waals surface area contributed by atoms with Crippen LogP contribution in [-0.2, 0) is 0 Å². The van der Waals surface area contributed by atoms with Gasteiger partial charge in [0, 0.05) is 32.5 Å². The van der Waals surface area contributed by atoms with Crippen LogP contribution in [0.5, 0.6) is 0 Å². The van der Waals surface area contributed by atoms with Crippen molar-refractivity contribution in [3.8, 4) is 0 Å². The van der Waals surface area contributed by atoms with Crippen molar-refractivity contribution >= 4 is 52.6 Å². The number of nitrogens with zero attached hydrogens (tertiary/aromatic N) is 2. The van der Waals surface area contributed by atoms with Crippen molar-refractivity contribution in [2.45, 2.75) is 9.79 Å². The number of halogens is 1. The predicted molar refractivity (Wildman–Crippen MR) is 96.2 cm³/mol. The smallest absolute Gasteiger partial charge is 0.270 e. The molecule has 0 amide bonds. The molecule has 0 radical (unpaired) electrons. The van der Waals surface area contributed by atoms with Crippen molar-refractivity contribution in [3.63, 3.8) is 0 Å². The van der Waals surface area contributed by atoms with E-state index >= 15 is 0 Å². The average molecular weight is 367 g/mol. The van der Waals surface area contributed by atoms with Gasteiger partial charge in [-0.05, 0) is 42.5 Å². The molecule has 0 unspecified atom stereocenters. The lowest BCUT2D eigenvalue weighted by Crippen LogP contribution is -2.24. The van der Waals surface area contributed by atoms with Gasteiger partial charge in [-0.25, -0.2) is 0 Å². The van der Waals surface area contributed by atoms with Gasteiger partial charge in [-0.15, -0.1) is 0 Å². The molecule has 0 saturated carbocycles. The van der Waals surface area contributed by atoms with Crippen LogP contribution in [0.25, 0.3) is 0 Å². The Morgan fingerprint density at radius 3 is 2.65 bits per heavy atom. The van der Waals surface area contributed by atoms with Gasteiger partial charge in [-0.2, -0.15) is 5.10 Å². The zero-order chi connectivity index (χ0) is 16.8. The van der Waals surface area contributed by atoms with Crippen LogP contribution in [-0.4, -0.2) is 16.3 Å². The summed E-state index contributed by atoms with van der Waals surface area (Å²) in [5, 5.41) is 15.4. The maximum absolute atomic E-state index is 10.9.